The molecule has 1 saturated heterocycles. The van der Waals surface area contributed by atoms with Gasteiger partial charge in [0.25, 0.3) is 0 Å². The molecule has 5 aliphatic carbocycles. The van der Waals surface area contributed by atoms with E-state index in [-0.39, 0.29) is 31.4 Å². The number of nitrogens with zero attached hydrogens (tertiary/aromatic N) is 1. The number of carbonyl (C=O) groups is 2. The van der Waals surface area contributed by atoms with Crippen LogP contribution in [0.15, 0.2) is 30.3 Å². The Morgan fingerprint density at radius 3 is 1.95 bits per heavy atom. The van der Waals surface area contributed by atoms with Crippen molar-refractivity contribution in [1.29, 1.82) is 0 Å². The summed E-state index contributed by atoms with van der Waals surface area (Å²) in [6.45, 7) is 2.98. The lowest BCUT2D eigenvalue weighted by atomic mass is 9.42. The van der Waals surface area contributed by atoms with E-state index >= 15 is 0 Å². The predicted molar refractivity (Wildman–Crippen MR) is 230 cm³/mol. The summed E-state index contributed by atoms with van der Waals surface area (Å²) in [7, 11) is 8.40. The first-order valence-electron chi connectivity index (χ1n) is 23.8. The molecule has 344 valence electrons. The van der Waals surface area contributed by atoms with Crippen molar-refractivity contribution in [2.24, 2.45) is 34.5 Å². The van der Waals surface area contributed by atoms with Gasteiger partial charge in [-0.3, -0.25) is 4.79 Å². The Balaban J connectivity index is 1.16. The second-order valence-electron chi connectivity index (χ2n) is 19.9. The van der Waals surface area contributed by atoms with Gasteiger partial charge in [0.15, 0.2) is 5.60 Å². The van der Waals surface area contributed by atoms with Gasteiger partial charge in [-0.1, -0.05) is 115 Å². The summed E-state index contributed by atoms with van der Waals surface area (Å²) in [5, 5.41) is 38.2. The molecule has 1 heterocycles. The molecular formula is C49H77NO11. The third-order valence-electron chi connectivity index (χ3n) is 16.8. The van der Waals surface area contributed by atoms with Gasteiger partial charge in [0.1, 0.15) is 23.9 Å². The number of unbranched alkanes of at least 4 members (excludes halogenated alkanes) is 14. The number of ether oxygens (including phenoxy) is 6. The number of piperidine rings is 1. The topological polar surface area (TPSA) is 153 Å². The molecule has 1 aliphatic heterocycles. The fourth-order valence-electron chi connectivity index (χ4n) is 14.8. The third kappa shape index (κ3) is 7.62. The van der Waals surface area contributed by atoms with Gasteiger partial charge in [-0.2, -0.15) is 0 Å². The number of aliphatic hydroxyl groups excluding tert-OH is 2. The monoisotopic (exact) mass is 856 g/mol. The van der Waals surface area contributed by atoms with E-state index in [0.717, 1.165) is 19.3 Å². The zero-order chi connectivity index (χ0) is 43.6. The maximum atomic E-state index is 14.5. The van der Waals surface area contributed by atoms with Crippen LogP contribution in [0.3, 0.4) is 0 Å². The molecule has 15 atom stereocenters. The first-order chi connectivity index (χ1) is 29.5. The lowest BCUT2D eigenvalue weighted by Crippen LogP contribution is -2.81. The lowest BCUT2D eigenvalue weighted by molar-refractivity contribution is -0.321. The highest BCUT2D eigenvalue weighted by Gasteiger charge is 2.92. The normalized spacial score (nSPS) is 40.6. The minimum Gasteiger partial charge on any atom is -0.455 e. The van der Waals surface area contributed by atoms with Crippen LogP contribution in [0, 0.1) is 34.5 Å². The number of methoxy groups -OCH3 is 4. The van der Waals surface area contributed by atoms with Crippen molar-refractivity contribution >= 4 is 11.9 Å². The summed E-state index contributed by atoms with van der Waals surface area (Å²) >= 11 is 0. The van der Waals surface area contributed by atoms with Crippen molar-refractivity contribution in [3.63, 3.8) is 0 Å². The molecule has 7 bridgehead atoms. The number of fused-ring (bicyclic) bond motifs is 2. The average Bonchev–Trinajstić information content (AvgIpc) is 3.64. The molecule has 6 aliphatic rings. The van der Waals surface area contributed by atoms with Crippen molar-refractivity contribution in [3.8, 4) is 0 Å². The molecule has 3 N–H and O–H groups in total. The van der Waals surface area contributed by atoms with E-state index in [1.165, 1.54) is 77.7 Å². The summed E-state index contributed by atoms with van der Waals surface area (Å²) in [4.78, 5) is 30.8. The van der Waals surface area contributed by atoms with Crippen LogP contribution in [0.4, 0.5) is 0 Å². The van der Waals surface area contributed by atoms with Crippen LogP contribution >= 0.6 is 0 Å². The minimum atomic E-state index is -1.84. The van der Waals surface area contributed by atoms with E-state index in [1.54, 1.807) is 45.6 Å². The Morgan fingerprint density at radius 1 is 0.787 bits per heavy atom. The highest BCUT2D eigenvalue weighted by Crippen LogP contribution is 2.80. The summed E-state index contributed by atoms with van der Waals surface area (Å²) in [5.74, 6) is -3.48. The number of rotatable bonds is 24. The molecule has 0 amide bonds. The SMILES string of the molecule is CCCCCCCCCCCCCCCCCC(=O)OC12C(O)C(OC)C3(O)CC(C1C3OC(=O)c1ccccc1)C13C(OC)CC(O)C4(COC)CN(C)C1C2C(OC)C43. The van der Waals surface area contributed by atoms with Crippen LogP contribution in [0.5, 0.6) is 0 Å². The molecule has 12 nitrogen and oxygen atoms in total. The Morgan fingerprint density at radius 2 is 1.39 bits per heavy atom. The summed E-state index contributed by atoms with van der Waals surface area (Å²) in [6, 6.07) is 8.29. The van der Waals surface area contributed by atoms with E-state index in [2.05, 4.69) is 11.8 Å². The van der Waals surface area contributed by atoms with Crippen molar-refractivity contribution < 1.29 is 53.3 Å². The molecule has 1 aromatic carbocycles. The zero-order valence-electron chi connectivity index (χ0n) is 37.9. The molecule has 15 unspecified atom stereocenters. The molecule has 5 saturated carbocycles. The van der Waals surface area contributed by atoms with Crippen molar-refractivity contribution in [1.82, 2.24) is 4.90 Å². The molecule has 61 heavy (non-hydrogen) atoms. The van der Waals surface area contributed by atoms with Gasteiger partial charge in [-0.25, -0.2) is 4.79 Å². The Kier molecular flexibility index (Phi) is 15.0. The summed E-state index contributed by atoms with van der Waals surface area (Å²) in [5.41, 5.74) is -4.83. The Labute approximate surface area is 364 Å². The summed E-state index contributed by atoms with van der Waals surface area (Å²) in [6.07, 6.45) is 12.8. The predicted octanol–water partition coefficient (Wildman–Crippen LogP) is 6.50. The average molecular weight is 856 g/mol. The van der Waals surface area contributed by atoms with Gasteiger partial charge in [-0.15, -0.1) is 0 Å². The first kappa shape index (κ1) is 46.8. The lowest BCUT2D eigenvalue weighted by Gasteiger charge is -2.70. The molecule has 12 heteroatoms. The summed E-state index contributed by atoms with van der Waals surface area (Å²) < 4.78 is 38.5. The van der Waals surface area contributed by atoms with Gasteiger partial charge in [0.05, 0.1) is 30.5 Å². The smallest absolute Gasteiger partial charge is 0.338 e. The van der Waals surface area contributed by atoms with Gasteiger partial charge < -0.3 is 48.6 Å². The molecule has 1 spiro atoms. The number of aliphatic hydroxyl groups is 3. The van der Waals surface area contributed by atoms with Crippen LogP contribution in [-0.2, 0) is 33.2 Å². The van der Waals surface area contributed by atoms with Crippen LogP contribution in [0.2, 0.25) is 0 Å². The Hall–Kier alpha value is -2.16. The third-order valence-corrected chi connectivity index (χ3v) is 16.8. The molecular weight excluding hydrogens is 779 g/mol. The van der Waals surface area contributed by atoms with Crippen LogP contribution in [-0.4, -0.2) is 135 Å². The van der Waals surface area contributed by atoms with Crippen molar-refractivity contribution in [3.05, 3.63) is 35.9 Å². The second-order valence-corrected chi connectivity index (χ2v) is 19.9. The minimum absolute atomic E-state index is 0.0847. The molecule has 0 radical (unpaired) electrons. The number of likely N-dealkylation sites (tertiary alicyclic amines) is 1. The van der Waals surface area contributed by atoms with Gasteiger partial charge >= 0.3 is 11.9 Å². The maximum Gasteiger partial charge on any atom is 0.338 e. The first-order valence-corrected chi connectivity index (χ1v) is 23.8. The molecule has 7 rings (SSSR count). The van der Waals surface area contributed by atoms with Crippen LogP contribution in [0.1, 0.15) is 133 Å². The standard InChI is InChI=1S/C49H77NO11/c1-7-8-9-10-11-12-13-14-15-16-17-18-19-20-24-27-36(52)61-49-37-33(29-47(55,44(59-6)42(49)53)43(37)60-45(54)32-25-22-21-23-26-32)48-35(57-4)28-34(51)46(31-56-3)30-50(2)41(48)38(49)39(58-5)40(46)48/h21-23,25-26,33-35,37-44,51,53,55H,7-20,24,27-31H2,1-6H3. The fraction of sp³-hybridized carbons (Fsp3) is 0.837. The largest absolute Gasteiger partial charge is 0.455 e. The van der Waals surface area contributed by atoms with Crippen molar-refractivity contribution in [2.75, 3.05) is 48.6 Å². The molecule has 6 fully saturated rings. The fourth-order valence-corrected chi connectivity index (χ4v) is 14.8. The molecule has 1 aromatic rings. The van der Waals surface area contributed by atoms with Crippen LogP contribution < -0.4 is 0 Å². The highest BCUT2D eigenvalue weighted by molar-refractivity contribution is 5.89. The van der Waals surface area contributed by atoms with E-state index in [4.69, 9.17) is 28.4 Å². The van der Waals surface area contributed by atoms with E-state index in [9.17, 15) is 24.9 Å². The van der Waals surface area contributed by atoms with Gasteiger partial charge in [-0.05, 0) is 37.9 Å². The zero-order valence-corrected chi connectivity index (χ0v) is 37.9. The number of benzene rings is 1. The quantitative estimate of drug-likeness (QED) is 0.0769. The molecule has 0 aromatic heterocycles. The van der Waals surface area contributed by atoms with E-state index in [0.29, 0.717) is 24.9 Å². The number of hydrogen-bond acceptors (Lipinski definition) is 12. The van der Waals surface area contributed by atoms with Crippen molar-refractivity contribution in [2.45, 2.75) is 176 Å². The van der Waals surface area contributed by atoms with E-state index in [1.807, 2.05) is 13.1 Å². The van der Waals surface area contributed by atoms with Gasteiger partial charge in [0.2, 0.25) is 0 Å². The van der Waals surface area contributed by atoms with Gasteiger partial charge in [0, 0.05) is 82.5 Å². The number of hydrogen-bond donors (Lipinski definition) is 3. The highest BCUT2D eigenvalue weighted by atomic mass is 16.6. The second kappa shape index (κ2) is 19.5. The van der Waals surface area contributed by atoms with E-state index < -0.39 is 88.3 Å². The maximum absolute atomic E-state index is 14.5. The number of esters is 2. The number of carbonyl (C=O) groups excluding carboxylic acids is 2. The van der Waals surface area contributed by atoms with Crippen LogP contribution in [0.25, 0.3) is 0 Å². The Bertz CT molecular complexity index is 1620.